The number of nitrogens with two attached hydrogens (primary N) is 1. The van der Waals surface area contributed by atoms with Gasteiger partial charge in [-0.25, -0.2) is 4.99 Å². The second-order valence-corrected chi connectivity index (χ2v) is 6.01. The van der Waals surface area contributed by atoms with Crippen LogP contribution in [0.2, 0.25) is 5.02 Å². The molecule has 0 saturated carbocycles. The fourth-order valence-corrected chi connectivity index (χ4v) is 2.69. The van der Waals surface area contributed by atoms with Crippen molar-refractivity contribution in [2.45, 2.75) is 6.42 Å². The normalized spacial score (nSPS) is 11.1. The first kappa shape index (κ1) is 17.5. The summed E-state index contributed by atoms with van der Waals surface area (Å²) in [5.74, 6) is -0.676. The Labute approximate surface area is 153 Å². The molecule has 26 heavy (non-hydrogen) atoms. The minimum Gasteiger partial charge on any atom is -0.508 e. The van der Waals surface area contributed by atoms with E-state index < -0.39 is 5.91 Å². The number of primary amides is 1. The van der Waals surface area contributed by atoms with Gasteiger partial charge in [0.25, 0.3) is 5.91 Å². The highest BCUT2D eigenvalue weighted by molar-refractivity contribution is 6.30. The van der Waals surface area contributed by atoms with E-state index in [1.165, 1.54) is 24.4 Å². The number of aliphatic imine (C=N–C) groups is 1. The SMILES string of the molecule is NC(=O)c1c(N=Cc2cc(O)ccc2O)n[nH]c1Cc1cccc(Cl)c1. The summed E-state index contributed by atoms with van der Waals surface area (Å²) in [5.41, 5.74) is 7.30. The molecule has 0 aliphatic rings. The van der Waals surface area contributed by atoms with Crippen LogP contribution >= 0.6 is 11.6 Å². The van der Waals surface area contributed by atoms with E-state index in [4.69, 9.17) is 17.3 Å². The maximum atomic E-state index is 11.9. The van der Waals surface area contributed by atoms with Crippen molar-refractivity contribution in [2.24, 2.45) is 10.7 Å². The molecule has 0 spiro atoms. The quantitative estimate of drug-likeness (QED) is 0.407. The number of aromatic amines is 1. The van der Waals surface area contributed by atoms with Crippen molar-refractivity contribution < 1.29 is 15.0 Å². The minimum atomic E-state index is -0.678. The Morgan fingerprint density at radius 3 is 2.81 bits per heavy atom. The van der Waals surface area contributed by atoms with Crippen LogP contribution in [-0.2, 0) is 6.42 Å². The van der Waals surface area contributed by atoms with E-state index in [1.807, 2.05) is 12.1 Å². The Hall–Kier alpha value is -3.32. The van der Waals surface area contributed by atoms with Crippen molar-refractivity contribution in [1.82, 2.24) is 10.2 Å². The Balaban J connectivity index is 1.93. The molecule has 1 heterocycles. The van der Waals surface area contributed by atoms with Gasteiger partial charge in [0.2, 0.25) is 0 Å². The smallest absolute Gasteiger partial charge is 0.254 e. The highest BCUT2D eigenvalue weighted by atomic mass is 35.5. The maximum absolute atomic E-state index is 11.9. The number of phenolic OH excluding ortho intramolecular Hbond substituents is 2. The molecule has 7 nitrogen and oxygen atoms in total. The van der Waals surface area contributed by atoms with Gasteiger partial charge in [0.15, 0.2) is 5.82 Å². The van der Waals surface area contributed by atoms with Crippen LogP contribution < -0.4 is 5.73 Å². The van der Waals surface area contributed by atoms with E-state index >= 15 is 0 Å². The summed E-state index contributed by atoms with van der Waals surface area (Å²) in [7, 11) is 0. The molecule has 0 fully saturated rings. The molecule has 132 valence electrons. The number of carbonyl (C=O) groups is 1. The third-order valence-electron chi connectivity index (χ3n) is 3.68. The first-order valence-electron chi connectivity index (χ1n) is 7.61. The highest BCUT2D eigenvalue weighted by Crippen LogP contribution is 2.25. The number of nitrogens with one attached hydrogen (secondary N) is 1. The van der Waals surface area contributed by atoms with Crippen LogP contribution in [0.5, 0.6) is 11.5 Å². The van der Waals surface area contributed by atoms with Crippen molar-refractivity contribution in [3.8, 4) is 11.5 Å². The molecular formula is C18H15ClN4O3. The molecule has 0 aliphatic heterocycles. The molecule has 0 bridgehead atoms. The zero-order valence-corrected chi connectivity index (χ0v) is 14.2. The summed E-state index contributed by atoms with van der Waals surface area (Å²) in [6.45, 7) is 0. The maximum Gasteiger partial charge on any atom is 0.254 e. The predicted molar refractivity (Wildman–Crippen MR) is 98.4 cm³/mol. The van der Waals surface area contributed by atoms with Crippen molar-refractivity contribution >= 4 is 29.5 Å². The molecule has 0 radical (unpaired) electrons. The molecule has 3 aromatic rings. The lowest BCUT2D eigenvalue weighted by atomic mass is 10.1. The number of hydrogen-bond donors (Lipinski definition) is 4. The molecule has 5 N–H and O–H groups in total. The van der Waals surface area contributed by atoms with Gasteiger partial charge in [-0.2, -0.15) is 5.10 Å². The largest absolute Gasteiger partial charge is 0.508 e. The zero-order chi connectivity index (χ0) is 18.7. The molecule has 0 atom stereocenters. The number of H-pyrrole nitrogens is 1. The van der Waals surface area contributed by atoms with E-state index in [0.29, 0.717) is 17.1 Å². The van der Waals surface area contributed by atoms with E-state index in [9.17, 15) is 15.0 Å². The van der Waals surface area contributed by atoms with Crippen LogP contribution in [0.4, 0.5) is 5.82 Å². The van der Waals surface area contributed by atoms with Crippen LogP contribution in [0.15, 0.2) is 47.5 Å². The average molecular weight is 371 g/mol. The number of benzene rings is 2. The lowest BCUT2D eigenvalue weighted by Crippen LogP contribution is -2.13. The Morgan fingerprint density at radius 1 is 1.27 bits per heavy atom. The standard InChI is InChI=1S/C18H15ClN4O3/c19-12-3-1-2-10(6-12)7-14-16(17(20)26)18(23-22-14)21-9-11-8-13(24)4-5-15(11)25/h1-6,8-9,24-25H,7H2,(H2,20,26)(H,22,23). The number of carbonyl (C=O) groups excluding carboxylic acids is 1. The predicted octanol–water partition coefficient (Wildman–Crippen LogP) is 2.91. The molecule has 1 aromatic heterocycles. The van der Waals surface area contributed by atoms with E-state index in [-0.39, 0.29) is 28.4 Å². The van der Waals surface area contributed by atoms with Gasteiger partial charge in [0.1, 0.15) is 17.1 Å². The van der Waals surface area contributed by atoms with Gasteiger partial charge in [-0.1, -0.05) is 23.7 Å². The van der Waals surface area contributed by atoms with Crippen LogP contribution in [0.1, 0.15) is 27.2 Å². The Morgan fingerprint density at radius 2 is 2.08 bits per heavy atom. The summed E-state index contributed by atoms with van der Waals surface area (Å²) < 4.78 is 0. The van der Waals surface area contributed by atoms with Crippen LogP contribution in [0.3, 0.4) is 0 Å². The minimum absolute atomic E-state index is 0.0250. The van der Waals surface area contributed by atoms with Gasteiger partial charge in [0.05, 0.1) is 5.69 Å². The van der Waals surface area contributed by atoms with Crippen molar-refractivity contribution in [1.29, 1.82) is 0 Å². The van der Waals surface area contributed by atoms with Gasteiger partial charge in [-0.15, -0.1) is 0 Å². The number of halogens is 1. The van der Waals surface area contributed by atoms with E-state index in [1.54, 1.807) is 12.1 Å². The monoisotopic (exact) mass is 370 g/mol. The third kappa shape index (κ3) is 3.84. The molecule has 8 heteroatoms. The van der Waals surface area contributed by atoms with Gasteiger partial charge in [-0.3, -0.25) is 9.89 Å². The molecule has 0 saturated heterocycles. The third-order valence-corrected chi connectivity index (χ3v) is 3.91. The molecule has 1 amide bonds. The molecule has 0 unspecified atom stereocenters. The second-order valence-electron chi connectivity index (χ2n) is 5.57. The summed E-state index contributed by atoms with van der Waals surface area (Å²) in [6, 6.07) is 11.2. The first-order valence-corrected chi connectivity index (χ1v) is 7.99. The number of amides is 1. The van der Waals surface area contributed by atoms with Gasteiger partial charge >= 0.3 is 0 Å². The summed E-state index contributed by atoms with van der Waals surface area (Å²) in [4.78, 5) is 16.0. The molecular weight excluding hydrogens is 356 g/mol. The molecule has 0 aliphatic carbocycles. The Bertz CT molecular complexity index is 998. The molecule has 3 rings (SSSR count). The van der Waals surface area contributed by atoms with E-state index in [2.05, 4.69) is 15.2 Å². The van der Waals surface area contributed by atoms with Gasteiger partial charge < -0.3 is 15.9 Å². The van der Waals surface area contributed by atoms with Crippen LogP contribution in [0, 0.1) is 0 Å². The number of hydrogen-bond acceptors (Lipinski definition) is 5. The lowest BCUT2D eigenvalue weighted by molar-refractivity contribution is 0.100. The highest BCUT2D eigenvalue weighted by Gasteiger charge is 2.18. The van der Waals surface area contributed by atoms with Gasteiger partial charge in [0, 0.05) is 23.2 Å². The number of nitrogens with zero attached hydrogens (tertiary/aromatic N) is 2. The summed E-state index contributed by atoms with van der Waals surface area (Å²) in [6.07, 6.45) is 1.67. The van der Waals surface area contributed by atoms with Gasteiger partial charge in [-0.05, 0) is 35.9 Å². The topological polar surface area (TPSA) is 125 Å². The number of aromatic hydroxyl groups is 2. The zero-order valence-electron chi connectivity index (χ0n) is 13.5. The van der Waals surface area contributed by atoms with Crippen molar-refractivity contribution in [2.75, 3.05) is 0 Å². The average Bonchev–Trinajstić information content (AvgIpc) is 2.98. The number of phenols is 2. The first-order chi connectivity index (χ1) is 12.4. The van der Waals surface area contributed by atoms with Crippen molar-refractivity contribution in [3.63, 3.8) is 0 Å². The number of rotatable bonds is 5. The number of aromatic nitrogens is 2. The van der Waals surface area contributed by atoms with Crippen LogP contribution in [0.25, 0.3) is 0 Å². The summed E-state index contributed by atoms with van der Waals surface area (Å²) >= 11 is 5.98. The fraction of sp³-hybridized carbons (Fsp3) is 0.0556. The fourth-order valence-electron chi connectivity index (χ4n) is 2.47. The summed E-state index contributed by atoms with van der Waals surface area (Å²) in [5, 5.41) is 26.6. The molecule has 2 aromatic carbocycles. The van der Waals surface area contributed by atoms with E-state index in [0.717, 1.165) is 5.56 Å². The lowest BCUT2D eigenvalue weighted by Gasteiger charge is -2.02. The Kier molecular flexibility index (Phi) is 4.90. The van der Waals surface area contributed by atoms with Crippen molar-refractivity contribution in [3.05, 3.63) is 69.9 Å². The van der Waals surface area contributed by atoms with Crippen LogP contribution in [-0.4, -0.2) is 32.5 Å². The second kappa shape index (κ2) is 7.28.